The average molecular weight is 371 g/mol. The first kappa shape index (κ1) is 35.0. The first-order valence-electron chi connectivity index (χ1n) is 0. The molecule has 0 saturated heterocycles. The molecule has 0 amide bonds. The maximum atomic E-state index is 0. The Hall–Kier alpha value is 2.17. The predicted octanol–water partition coefficient (Wildman–Crippen LogP) is 2.35. The summed E-state index contributed by atoms with van der Waals surface area (Å²) >= 11 is 0. The minimum atomic E-state index is 0. The normalized spacial score (nSPS) is 0. The summed E-state index contributed by atoms with van der Waals surface area (Å²) in [5, 5.41) is 0. The lowest BCUT2D eigenvalue weighted by molar-refractivity contribution is 8.93. The highest BCUT2D eigenvalue weighted by Crippen LogP contribution is 0.886. The molecule has 0 aliphatic heterocycles. The van der Waals surface area contributed by atoms with Gasteiger partial charge in [-0.3, -0.25) is 0 Å². The molecule has 0 heterocycles. The van der Waals surface area contributed by atoms with Crippen molar-refractivity contribution in [1.82, 2.24) is 0 Å². The zero-order valence-electron chi connectivity index (χ0n) is 1.63. The minimum Gasteiger partial charge on any atom is -0.114 e. The van der Waals surface area contributed by atoms with Crippen molar-refractivity contribution in [2.75, 3.05) is 0 Å². The van der Waals surface area contributed by atoms with Crippen LogP contribution in [0.15, 0.2) is 0 Å². The first-order chi connectivity index (χ1) is 0. The predicted molar refractivity (Wildman–Crippen MR) is 46.4 cm³/mol. The molecule has 4 heavy (non-hydrogen) atoms. The molecular weight excluding hydrogens is 367 g/mol. The highest BCUT2D eigenvalue weighted by molar-refractivity contribution is 14.0. The Balaban J connectivity index is 0. The van der Waals surface area contributed by atoms with E-state index in [9.17, 15) is 0 Å². The quantitative estimate of drug-likeness (QED) is 0.574. The fraction of sp³-hybridized carbons (Fsp3) is 0. The van der Waals surface area contributed by atoms with Crippen LogP contribution in [0, 0.1) is 0 Å². The highest BCUT2D eigenvalue weighted by Gasteiger charge is -0.107. The summed E-state index contributed by atoms with van der Waals surface area (Å²) in [4.78, 5) is 0. The number of hydrogen-bond donors (Lipinski definition) is 0. The molecule has 4 heteroatoms. The summed E-state index contributed by atoms with van der Waals surface area (Å²) in [6.07, 6.45) is 0. The van der Waals surface area contributed by atoms with Gasteiger partial charge in [0.25, 0.3) is 0 Å². The van der Waals surface area contributed by atoms with Gasteiger partial charge in [0.2, 0.25) is 0 Å². The van der Waals surface area contributed by atoms with Gasteiger partial charge in [0.1, 0.15) is 0 Å². The van der Waals surface area contributed by atoms with E-state index >= 15 is 0 Å². The molecule has 0 radical (unpaired) electrons. The minimum absolute atomic E-state index is 0. The van der Waals surface area contributed by atoms with E-state index in [0.29, 0.717) is 0 Å². The molecule has 0 aromatic carbocycles. The van der Waals surface area contributed by atoms with Crippen LogP contribution in [-0.4, -0.2) is 0 Å². The van der Waals surface area contributed by atoms with E-state index in [1.807, 2.05) is 0 Å². The number of hydrogen-bond acceptors (Lipinski definition) is 0. The van der Waals surface area contributed by atoms with Crippen LogP contribution in [0.4, 0.5) is 0 Å². The summed E-state index contributed by atoms with van der Waals surface area (Å²) < 4.78 is 0. The van der Waals surface area contributed by atoms with Gasteiger partial charge in [-0.05, 0) is 0 Å². The van der Waals surface area contributed by atoms with E-state index in [-0.39, 0.29) is 74.9 Å². The van der Waals surface area contributed by atoms with Gasteiger partial charge in [-0.25, -0.2) is 0 Å². The number of rotatable bonds is 0. The van der Waals surface area contributed by atoms with Crippen LogP contribution >= 0.6 is 74.9 Å². The van der Waals surface area contributed by atoms with Crippen molar-refractivity contribution in [2.45, 2.75) is 0 Å². The van der Waals surface area contributed by atoms with Gasteiger partial charge in [0.05, 0.1) is 0 Å². The van der Waals surface area contributed by atoms with Gasteiger partial charge >= 0.3 is 0 Å². The summed E-state index contributed by atoms with van der Waals surface area (Å²) in [5.41, 5.74) is 0. The van der Waals surface area contributed by atoms with Crippen LogP contribution in [0.1, 0.15) is 0 Å². The lowest BCUT2D eigenvalue weighted by Gasteiger charge is -0.115. The van der Waals surface area contributed by atoms with Crippen molar-refractivity contribution in [2.24, 2.45) is 0 Å². The maximum absolute atomic E-state index is 0. The molecule has 0 aromatic heterocycles. The van der Waals surface area contributed by atoms with Gasteiger partial charge in [0.15, 0.2) is 0 Å². The van der Waals surface area contributed by atoms with Gasteiger partial charge in [0, 0.05) is 0 Å². The number of halogens is 4. The molecule has 0 saturated carbocycles. The second-order valence-corrected chi connectivity index (χ2v) is 0. The standard InChI is InChI=1S/3BrH.HI/h4*1H. The third-order valence-corrected chi connectivity index (χ3v) is 0. The largest absolute Gasteiger partial charge is 0.114 e. The molecule has 0 rings (SSSR count). The Morgan fingerprint density at radius 1 is 0.500 bits per heavy atom. The Kier molecular flexibility index (Phi) is 167. The van der Waals surface area contributed by atoms with E-state index in [4.69, 9.17) is 0 Å². The van der Waals surface area contributed by atoms with Crippen LogP contribution in [0.2, 0.25) is 0 Å². The Morgan fingerprint density at radius 3 is 0.500 bits per heavy atom. The molecule has 0 atom stereocenters. The molecule has 0 fully saturated rings. The highest BCUT2D eigenvalue weighted by atomic mass is 127. The van der Waals surface area contributed by atoms with Crippen LogP contribution in [0.5, 0.6) is 0 Å². The molecule has 0 aromatic rings. The molecule has 0 bridgehead atoms. The topological polar surface area (TPSA) is 0 Å². The third-order valence-electron chi connectivity index (χ3n) is 0. The molecular formula is H4Br3I. The summed E-state index contributed by atoms with van der Waals surface area (Å²) in [5.74, 6) is 0. The monoisotopic (exact) mass is 368 g/mol. The molecule has 32 valence electrons. The van der Waals surface area contributed by atoms with Crippen molar-refractivity contribution in [3.05, 3.63) is 0 Å². The summed E-state index contributed by atoms with van der Waals surface area (Å²) in [7, 11) is 0. The molecule has 0 spiro atoms. The van der Waals surface area contributed by atoms with Gasteiger partial charge in [-0.15, -0.1) is 74.9 Å². The van der Waals surface area contributed by atoms with Crippen LogP contribution < -0.4 is 0 Å². The Labute approximate surface area is 74.1 Å². The fourth-order valence-electron chi connectivity index (χ4n) is 0. The summed E-state index contributed by atoms with van der Waals surface area (Å²) in [6.45, 7) is 0. The second-order valence-electron chi connectivity index (χ2n) is 0. The zero-order valence-corrected chi connectivity index (χ0v) is 9.10. The van der Waals surface area contributed by atoms with Crippen molar-refractivity contribution in [3.8, 4) is 0 Å². The average Bonchev–Trinajstić information content (AvgIpc) is 0. The second kappa shape index (κ2) is 19.1. The van der Waals surface area contributed by atoms with Crippen LogP contribution in [0.3, 0.4) is 0 Å². The third kappa shape index (κ3) is 8.90. The first-order valence-corrected chi connectivity index (χ1v) is 0. The lowest BCUT2D eigenvalue weighted by Crippen LogP contribution is 0.845. The van der Waals surface area contributed by atoms with E-state index in [0.717, 1.165) is 0 Å². The van der Waals surface area contributed by atoms with E-state index in [2.05, 4.69) is 0 Å². The molecule has 0 nitrogen and oxygen atoms in total. The smallest absolute Gasteiger partial charge is 0.107 e. The molecule has 0 unspecified atom stereocenters. The van der Waals surface area contributed by atoms with Gasteiger partial charge < -0.3 is 0 Å². The van der Waals surface area contributed by atoms with Crippen molar-refractivity contribution in [3.63, 3.8) is 0 Å². The SMILES string of the molecule is Br.Br.Br.I. The van der Waals surface area contributed by atoms with Crippen LogP contribution in [0.25, 0.3) is 0 Å². The van der Waals surface area contributed by atoms with E-state index in [1.54, 1.807) is 0 Å². The lowest BCUT2D eigenvalue weighted by atomic mass is 79.9. The van der Waals surface area contributed by atoms with E-state index in [1.165, 1.54) is 0 Å². The van der Waals surface area contributed by atoms with Gasteiger partial charge in [-0.1, -0.05) is 0 Å². The Morgan fingerprint density at radius 2 is 0.500 bits per heavy atom. The maximum Gasteiger partial charge on any atom is -0.107 e. The molecule has 0 aliphatic rings. The Bertz CT molecular complexity index is 3.25. The van der Waals surface area contributed by atoms with E-state index < -0.39 is 0 Å². The van der Waals surface area contributed by atoms with Crippen LogP contribution in [-0.2, 0) is 0 Å². The van der Waals surface area contributed by atoms with Crippen molar-refractivity contribution >= 4 is 74.9 Å². The molecule has 0 N–H and O–H groups in total. The fourth-order valence-corrected chi connectivity index (χ4v) is 0. The summed E-state index contributed by atoms with van der Waals surface area (Å²) in [6, 6.07) is 0. The zero-order chi connectivity index (χ0) is 0. The van der Waals surface area contributed by atoms with Crippen molar-refractivity contribution < 1.29 is 0 Å². The van der Waals surface area contributed by atoms with Gasteiger partial charge in [-0.2, -0.15) is 0 Å². The molecule has 0 aliphatic carbocycles. The van der Waals surface area contributed by atoms with Crippen molar-refractivity contribution in [1.29, 1.82) is 0 Å².